The number of amides is 1. The minimum atomic E-state index is -0.886. The molecule has 0 fully saturated rings. The molecule has 1 aromatic rings. The van der Waals surface area contributed by atoms with Crippen LogP contribution in [0.5, 0.6) is 0 Å². The molecule has 94 valence electrons. The van der Waals surface area contributed by atoms with Crippen LogP contribution in [0.4, 0.5) is 0 Å². The Kier molecular flexibility index (Phi) is 3.88. The van der Waals surface area contributed by atoms with Crippen LogP contribution in [0.25, 0.3) is 0 Å². The number of carbonyl (C=O) groups excluding carboxylic acids is 1. The van der Waals surface area contributed by atoms with E-state index in [1.165, 1.54) is 6.20 Å². The third kappa shape index (κ3) is 3.90. The number of aliphatic carboxylic acids is 1. The van der Waals surface area contributed by atoms with Crippen molar-refractivity contribution in [3.05, 3.63) is 17.5 Å². The summed E-state index contributed by atoms with van der Waals surface area (Å²) in [5.74, 6) is -1.10. The number of rotatable bonds is 5. The number of aromatic nitrogens is 1. The molecule has 0 radical (unpaired) electrons. The Labute approximate surface area is 99.0 Å². The van der Waals surface area contributed by atoms with Gasteiger partial charge >= 0.3 is 5.97 Å². The van der Waals surface area contributed by atoms with Gasteiger partial charge in [0.15, 0.2) is 0 Å². The van der Waals surface area contributed by atoms with E-state index in [1.54, 1.807) is 20.8 Å². The van der Waals surface area contributed by atoms with Gasteiger partial charge in [0.05, 0.1) is 6.20 Å². The second-order valence-electron chi connectivity index (χ2n) is 4.57. The largest absolute Gasteiger partial charge is 0.481 e. The van der Waals surface area contributed by atoms with E-state index in [0.29, 0.717) is 12.0 Å². The van der Waals surface area contributed by atoms with Crippen LogP contribution in [0.3, 0.4) is 0 Å². The Hall–Kier alpha value is -1.85. The van der Waals surface area contributed by atoms with Gasteiger partial charge in [0, 0.05) is 17.5 Å². The Morgan fingerprint density at radius 1 is 1.53 bits per heavy atom. The van der Waals surface area contributed by atoms with Crippen molar-refractivity contribution < 1.29 is 19.2 Å². The Morgan fingerprint density at radius 3 is 2.65 bits per heavy atom. The van der Waals surface area contributed by atoms with E-state index >= 15 is 0 Å². The minimum absolute atomic E-state index is 0.00265. The van der Waals surface area contributed by atoms with Gasteiger partial charge in [-0.3, -0.25) is 9.59 Å². The van der Waals surface area contributed by atoms with Gasteiger partial charge in [-0.05, 0) is 27.2 Å². The van der Waals surface area contributed by atoms with E-state index in [-0.39, 0.29) is 18.1 Å². The van der Waals surface area contributed by atoms with Gasteiger partial charge in [0.1, 0.15) is 0 Å². The van der Waals surface area contributed by atoms with Crippen LogP contribution in [0.2, 0.25) is 0 Å². The molecule has 0 aliphatic heterocycles. The Balaban J connectivity index is 2.61. The summed E-state index contributed by atoms with van der Waals surface area (Å²) in [6.07, 6.45) is 1.81. The summed E-state index contributed by atoms with van der Waals surface area (Å²) in [4.78, 5) is 22.3. The highest BCUT2D eigenvalue weighted by molar-refractivity contribution is 5.93. The predicted molar refractivity (Wildman–Crippen MR) is 59.7 cm³/mol. The van der Waals surface area contributed by atoms with Crippen molar-refractivity contribution in [2.24, 2.45) is 0 Å². The lowest BCUT2D eigenvalue weighted by atomic mass is 9.98. The Bertz CT molecular complexity index is 423. The smallest absolute Gasteiger partial charge is 0.303 e. The van der Waals surface area contributed by atoms with Crippen LogP contribution in [-0.2, 0) is 4.79 Å². The summed E-state index contributed by atoms with van der Waals surface area (Å²) < 4.78 is 4.82. The molecule has 0 saturated heterocycles. The quantitative estimate of drug-likeness (QED) is 0.810. The van der Waals surface area contributed by atoms with Gasteiger partial charge in [0.2, 0.25) is 5.76 Å². The second-order valence-corrected chi connectivity index (χ2v) is 4.57. The average molecular weight is 240 g/mol. The normalized spacial score (nSPS) is 11.2. The monoisotopic (exact) mass is 240 g/mol. The van der Waals surface area contributed by atoms with Crippen LogP contribution < -0.4 is 5.32 Å². The molecule has 0 spiro atoms. The molecular weight excluding hydrogens is 224 g/mol. The van der Waals surface area contributed by atoms with E-state index in [4.69, 9.17) is 9.63 Å². The molecule has 2 N–H and O–H groups in total. The predicted octanol–water partition coefficient (Wildman–Crippen LogP) is 1.36. The van der Waals surface area contributed by atoms with Crippen LogP contribution in [0, 0.1) is 6.92 Å². The van der Waals surface area contributed by atoms with E-state index < -0.39 is 11.5 Å². The molecule has 0 saturated carbocycles. The van der Waals surface area contributed by atoms with Crippen molar-refractivity contribution in [1.82, 2.24) is 10.5 Å². The summed E-state index contributed by atoms with van der Waals surface area (Å²) in [5, 5.41) is 14.8. The lowest BCUT2D eigenvalue weighted by Crippen LogP contribution is -2.43. The first kappa shape index (κ1) is 13.2. The highest BCUT2D eigenvalue weighted by atomic mass is 16.5. The molecule has 1 heterocycles. The molecule has 0 aromatic carbocycles. The molecule has 1 amide bonds. The fourth-order valence-electron chi connectivity index (χ4n) is 1.36. The number of aryl methyl sites for hydroxylation is 1. The lowest BCUT2D eigenvalue weighted by Gasteiger charge is -2.24. The van der Waals surface area contributed by atoms with Gasteiger partial charge < -0.3 is 14.9 Å². The number of nitrogens with zero attached hydrogens (tertiary/aromatic N) is 1. The zero-order valence-corrected chi connectivity index (χ0v) is 10.1. The molecule has 0 unspecified atom stereocenters. The summed E-state index contributed by atoms with van der Waals surface area (Å²) >= 11 is 0. The molecule has 0 bridgehead atoms. The lowest BCUT2D eigenvalue weighted by molar-refractivity contribution is -0.137. The number of carboxylic acid groups (broad SMARTS) is 1. The van der Waals surface area contributed by atoms with Crippen LogP contribution >= 0.6 is 0 Å². The second kappa shape index (κ2) is 4.99. The van der Waals surface area contributed by atoms with Crippen LogP contribution in [0.15, 0.2) is 10.7 Å². The van der Waals surface area contributed by atoms with Crippen LogP contribution in [-0.4, -0.2) is 27.7 Å². The number of carboxylic acids is 1. The topological polar surface area (TPSA) is 92.4 Å². The summed E-state index contributed by atoms with van der Waals surface area (Å²) in [6.45, 7) is 5.24. The SMILES string of the molecule is Cc1cnoc1C(=O)NC(C)(C)CCC(=O)O. The maximum atomic E-state index is 11.8. The summed E-state index contributed by atoms with van der Waals surface area (Å²) in [6, 6.07) is 0. The molecule has 6 heteroatoms. The van der Waals surface area contributed by atoms with Crippen molar-refractivity contribution in [3.63, 3.8) is 0 Å². The van der Waals surface area contributed by atoms with Gasteiger partial charge in [0.25, 0.3) is 5.91 Å². The van der Waals surface area contributed by atoms with E-state index in [9.17, 15) is 9.59 Å². The zero-order chi connectivity index (χ0) is 13.1. The maximum Gasteiger partial charge on any atom is 0.303 e. The molecule has 17 heavy (non-hydrogen) atoms. The van der Waals surface area contributed by atoms with Gasteiger partial charge in [-0.1, -0.05) is 5.16 Å². The molecule has 1 aromatic heterocycles. The van der Waals surface area contributed by atoms with Crippen molar-refractivity contribution >= 4 is 11.9 Å². The third-order valence-electron chi connectivity index (χ3n) is 2.37. The molecule has 1 rings (SSSR count). The molecule has 0 aliphatic rings. The highest BCUT2D eigenvalue weighted by Crippen LogP contribution is 2.14. The first-order valence-corrected chi connectivity index (χ1v) is 5.27. The Morgan fingerprint density at radius 2 is 2.18 bits per heavy atom. The first-order chi connectivity index (χ1) is 7.82. The van der Waals surface area contributed by atoms with Crippen molar-refractivity contribution in [2.75, 3.05) is 0 Å². The van der Waals surface area contributed by atoms with Crippen molar-refractivity contribution in [3.8, 4) is 0 Å². The minimum Gasteiger partial charge on any atom is -0.481 e. The van der Waals surface area contributed by atoms with Crippen molar-refractivity contribution in [1.29, 1.82) is 0 Å². The molecule has 0 atom stereocenters. The van der Waals surface area contributed by atoms with E-state index in [2.05, 4.69) is 10.5 Å². The number of nitrogens with one attached hydrogen (secondary N) is 1. The number of hydrogen-bond acceptors (Lipinski definition) is 4. The van der Waals surface area contributed by atoms with Crippen molar-refractivity contribution in [2.45, 2.75) is 39.2 Å². The van der Waals surface area contributed by atoms with Gasteiger partial charge in [-0.2, -0.15) is 0 Å². The number of hydrogen-bond donors (Lipinski definition) is 2. The zero-order valence-electron chi connectivity index (χ0n) is 10.1. The summed E-state index contributed by atoms with van der Waals surface area (Å²) in [7, 11) is 0. The molecule has 6 nitrogen and oxygen atoms in total. The fraction of sp³-hybridized carbons (Fsp3) is 0.545. The van der Waals surface area contributed by atoms with Gasteiger partial charge in [-0.25, -0.2) is 0 Å². The average Bonchev–Trinajstić information content (AvgIpc) is 2.61. The third-order valence-corrected chi connectivity index (χ3v) is 2.37. The van der Waals surface area contributed by atoms with Gasteiger partial charge in [-0.15, -0.1) is 0 Å². The highest BCUT2D eigenvalue weighted by Gasteiger charge is 2.24. The molecule has 0 aliphatic carbocycles. The van der Waals surface area contributed by atoms with E-state index in [0.717, 1.165) is 0 Å². The first-order valence-electron chi connectivity index (χ1n) is 5.27. The fourth-order valence-corrected chi connectivity index (χ4v) is 1.36. The summed E-state index contributed by atoms with van der Waals surface area (Å²) in [5.41, 5.74) is 0.0471. The van der Waals surface area contributed by atoms with Crippen LogP contribution in [0.1, 0.15) is 42.8 Å². The van der Waals surface area contributed by atoms with E-state index in [1.807, 2.05) is 0 Å². The molecular formula is C11H16N2O4. The maximum absolute atomic E-state index is 11.8. The number of carbonyl (C=O) groups is 2. The standard InChI is InChI=1S/C11H16N2O4/c1-7-6-12-17-9(7)10(16)13-11(2,3)5-4-8(14)15/h6H,4-5H2,1-3H3,(H,13,16)(H,14,15).